The zero-order valence-corrected chi connectivity index (χ0v) is 11.4. The van der Waals surface area contributed by atoms with Crippen molar-refractivity contribution in [1.82, 2.24) is 14.3 Å². The Labute approximate surface area is 106 Å². The summed E-state index contributed by atoms with van der Waals surface area (Å²) in [5, 5.41) is 8.69. The molecule has 1 atom stereocenters. The SMILES string of the molecule is CC[C@@H](NS(=O)(=O)c1cn(CC)c(C)n1)C(=O)O. The molecule has 0 aliphatic carbocycles. The highest BCUT2D eigenvalue weighted by Gasteiger charge is 2.26. The molecule has 0 aliphatic rings. The van der Waals surface area contributed by atoms with Crippen molar-refractivity contribution >= 4 is 16.0 Å². The molecule has 0 spiro atoms. The topological polar surface area (TPSA) is 101 Å². The maximum Gasteiger partial charge on any atom is 0.321 e. The van der Waals surface area contributed by atoms with Crippen LogP contribution in [0.25, 0.3) is 0 Å². The Morgan fingerprint density at radius 1 is 1.56 bits per heavy atom. The number of hydrogen-bond donors (Lipinski definition) is 2. The van der Waals surface area contributed by atoms with Gasteiger partial charge in [0.1, 0.15) is 11.9 Å². The number of nitrogens with one attached hydrogen (secondary N) is 1. The van der Waals surface area contributed by atoms with Crippen molar-refractivity contribution in [3.8, 4) is 0 Å². The van der Waals surface area contributed by atoms with E-state index in [1.54, 1.807) is 18.4 Å². The molecule has 102 valence electrons. The average Bonchev–Trinajstić information content (AvgIpc) is 2.68. The van der Waals surface area contributed by atoms with Gasteiger partial charge >= 0.3 is 5.97 Å². The van der Waals surface area contributed by atoms with Crippen LogP contribution >= 0.6 is 0 Å². The van der Waals surface area contributed by atoms with Gasteiger partial charge in [0.15, 0.2) is 5.03 Å². The quantitative estimate of drug-likeness (QED) is 0.780. The van der Waals surface area contributed by atoms with Crippen LogP contribution in [0.1, 0.15) is 26.1 Å². The number of carboxylic acids is 1. The second kappa shape index (κ2) is 5.49. The number of hydrogen-bond acceptors (Lipinski definition) is 4. The Morgan fingerprint density at radius 3 is 2.56 bits per heavy atom. The highest BCUT2D eigenvalue weighted by molar-refractivity contribution is 7.89. The predicted molar refractivity (Wildman–Crippen MR) is 64.7 cm³/mol. The zero-order valence-electron chi connectivity index (χ0n) is 10.5. The first-order valence-electron chi connectivity index (χ1n) is 5.60. The summed E-state index contributed by atoms with van der Waals surface area (Å²) in [6.45, 7) is 5.75. The lowest BCUT2D eigenvalue weighted by Crippen LogP contribution is -2.40. The number of nitrogens with zero attached hydrogens (tertiary/aromatic N) is 2. The van der Waals surface area contributed by atoms with Crippen LogP contribution in [0.4, 0.5) is 0 Å². The molecule has 18 heavy (non-hydrogen) atoms. The van der Waals surface area contributed by atoms with Gasteiger partial charge in [0.2, 0.25) is 0 Å². The summed E-state index contributed by atoms with van der Waals surface area (Å²) in [5.74, 6) is -0.631. The van der Waals surface area contributed by atoms with Crippen molar-refractivity contribution < 1.29 is 18.3 Å². The van der Waals surface area contributed by atoms with Gasteiger partial charge in [0.05, 0.1) is 0 Å². The number of carboxylic acid groups (broad SMARTS) is 1. The number of imidazole rings is 1. The molecular formula is C10H17N3O4S. The number of aliphatic carboxylic acids is 1. The largest absolute Gasteiger partial charge is 0.480 e. The van der Waals surface area contributed by atoms with E-state index < -0.39 is 22.0 Å². The number of sulfonamides is 1. The molecule has 0 aliphatic heterocycles. The lowest BCUT2D eigenvalue weighted by Gasteiger charge is -2.10. The third kappa shape index (κ3) is 3.08. The van der Waals surface area contributed by atoms with Crippen LogP contribution in [0.2, 0.25) is 0 Å². The Kier molecular flexibility index (Phi) is 4.47. The van der Waals surface area contributed by atoms with E-state index in [-0.39, 0.29) is 11.4 Å². The van der Waals surface area contributed by atoms with E-state index in [9.17, 15) is 13.2 Å². The second-order valence-electron chi connectivity index (χ2n) is 3.83. The molecular weight excluding hydrogens is 258 g/mol. The van der Waals surface area contributed by atoms with Crippen LogP contribution < -0.4 is 4.72 Å². The number of aryl methyl sites for hydroxylation is 2. The van der Waals surface area contributed by atoms with Crippen LogP contribution in [0.5, 0.6) is 0 Å². The molecule has 1 heterocycles. The van der Waals surface area contributed by atoms with Gasteiger partial charge in [-0.2, -0.15) is 4.72 Å². The van der Waals surface area contributed by atoms with Gasteiger partial charge in [0, 0.05) is 12.7 Å². The minimum absolute atomic E-state index is 0.151. The molecule has 1 aromatic heterocycles. The number of rotatable bonds is 6. The Balaban J connectivity index is 3.02. The molecule has 0 saturated carbocycles. The smallest absolute Gasteiger partial charge is 0.321 e. The Morgan fingerprint density at radius 2 is 2.17 bits per heavy atom. The molecule has 0 saturated heterocycles. The minimum Gasteiger partial charge on any atom is -0.480 e. The standard InChI is InChI=1S/C10H17N3O4S/c1-4-8(10(14)15)12-18(16,17)9-6-13(5-2)7(3)11-9/h6,8,12H,4-5H2,1-3H3,(H,14,15)/t8-/m1/s1. The first-order valence-corrected chi connectivity index (χ1v) is 7.09. The van der Waals surface area contributed by atoms with Gasteiger partial charge in [-0.3, -0.25) is 4.79 Å². The summed E-state index contributed by atoms with van der Waals surface area (Å²) < 4.78 is 27.7. The van der Waals surface area contributed by atoms with Crippen LogP contribution in [0.15, 0.2) is 11.2 Å². The van der Waals surface area contributed by atoms with Gasteiger partial charge in [-0.05, 0) is 20.3 Å². The second-order valence-corrected chi connectivity index (χ2v) is 5.49. The summed E-state index contributed by atoms with van der Waals surface area (Å²) in [5.41, 5.74) is 0. The van der Waals surface area contributed by atoms with Crippen molar-refractivity contribution in [3.63, 3.8) is 0 Å². The third-order valence-electron chi connectivity index (χ3n) is 2.57. The van der Waals surface area contributed by atoms with Gasteiger partial charge in [0.25, 0.3) is 10.0 Å². The highest BCUT2D eigenvalue weighted by Crippen LogP contribution is 2.10. The maximum absolute atomic E-state index is 11.9. The average molecular weight is 275 g/mol. The molecule has 0 amide bonds. The summed E-state index contributed by atoms with van der Waals surface area (Å²) >= 11 is 0. The van der Waals surface area contributed by atoms with Gasteiger partial charge < -0.3 is 9.67 Å². The normalized spacial score (nSPS) is 13.5. The van der Waals surface area contributed by atoms with Crippen molar-refractivity contribution in [2.45, 2.75) is 44.8 Å². The molecule has 7 nitrogen and oxygen atoms in total. The van der Waals surface area contributed by atoms with Gasteiger partial charge in [-0.1, -0.05) is 6.92 Å². The molecule has 0 aromatic carbocycles. The Bertz CT molecular complexity index is 535. The minimum atomic E-state index is -3.89. The van der Waals surface area contributed by atoms with Crippen molar-refractivity contribution in [2.24, 2.45) is 0 Å². The molecule has 8 heteroatoms. The van der Waals surface area contributed by atoms with E-state index in [0.29, 0.717) is 12.4 Å². The van der Waals surface area contributed by atoms with Gasteiger partial charge in [-0.15, -0.1) is 0 Å². The molecule has 0 bridgehead atoms. The van der Waals surface area contributed by atoms with Crippen LogP contribution in [-0.2, 0) is 21.4 Å². The van der Waals surface area contributed by atoms with E-state index >= 15 is 0 Å². The summed E-state index contributed by atoms with van der Waals surface area (Å²) in [6, 6.07) is -1.14. The zero-order chi connectivity index (χ0) is 13.9. The highest BCUT2D eigenvalue weighted by atomic mass is 32.2. The van der Waals surface area contributed by atoms with E-state index in [0.717, 1.165) is 0 Å². The van der Waals surface area contributed by atoms with Crippen molar-refractivity contribution in [3.05, 3.63) is 12.0 Å². The van der Waals surface area contributed by atoms with Crippen molar-refractivity contribution in [2.75, 3.05) is 0 Å². The molecule has 0 radical (unpaired) electrons. The fraction of sp³-hybridized carbons (Fsp3) is 0.600. The van der Waals surface area contributed by atoms with Gasteiger partial charge in [-0.25, -0.2) is 13.4 Å². The van der Waals surface area contributed by atoms with Crippen LogP contribution in [0, 0.1) is 6.92 Å². The van der Waals surface area contributed by atoms with E-state index in [1.165, 1.54) is 6.20 Å². The summed E-state index contributed by atoms with van der Waals surface area (Å²) in [4.78, 5) is 14.7. The van der Waals surface area contributed by atoms with E-state index in [4.69, 9.17) is 5.11 Å². The van der Waals surface area contributed by atoms with E-state index in [2.05, 4.69) is 9.71 Å². The molecule has 1 aromatic rings. The molecule has 0 fully saturated rings. The van der Waals surface area contributed by atoms with E-state index in [1.807, 2.05) is 6.92 Å². The lowest BCUT2D eigenvalue weighted by molar-refractivity contribution is -0.139. The number of aromatic nitrogens is 2. The monoisotopic (exact) mass is 275 g/mol. The summed E-state index contributed by atoms with van der Waals surface area (Å²) in [6.07, 6.45) is 1.56. The maximum atomic E-state index is 11.9. The fourth-order valence-electron chi connectivity index (χ4n) is 1.48. The molecule has 1 rings (SSSR count). The first kappa shape index (κ1) is 14.7. The third-order valence-corrected chi connectivity index (χ3v) is 3.92. The van der Waals surface area contributed by atoms with Crippen LogP contribution in [-0.4, -0.2) is 35.1 Å². The summed E-state index contributed by atoms with van der Waals surface area (Å²) in [7, 11) is -3.89. The molecule has 0 unspecified atom stereocenters. The Hall–Kier alpha value is -1.41. The van der Waals surface area contributed by atoms with Crippen molar-refractivity contribution in [1.29, 1.82) is 0 Å². The molecule has 2 N–H and O–H groups in total. The number of carbonyl (C=O) groups is 1. The first-order chi connectivity index (χ1) is 8.31. The predicted octanol–water partition coefficient (Wildman–Crippen LogP) is 0.353. The van der Waals surface area contributed by atoms with Crippen LogP contribution in [0.3, 0.4) is 0 Å². The fourth-order valence-corrected chi connectivity index (χ4v) is 2.77. The lowest BCUT2D eigenvalue weighted by atomic mass is 10.2.